The zero-order valence-electron chi connectivity index (χ0n) is 12.0. The van der Waals surface area contributed by atoms with Gasteiger partial charge in [0.15, 0.2) is 0 Å². The molecule has 1 aromatic carbocycles. The molecule has 0 aliphatic carbocycles. The van der Waals surface area contributed by atoms with Crippen LogP contribution in [0.25, 0.3) is 10.2 Å². The lowest BCUT2D eigenvalue weighted by Crippen LogP contribution is -2.14. The summed E-state index contributed by atoms with van der Waals surface area (Å²) in [6.45, 7) is 2.02. The van der Waals surface area contributed by atoms with Crippen LogP contribution in [0.4, 0.5) is 5.69 Å². The molecule has 118 valence electrons. The van der Waals surface area contributed by atoms with Crippen LogP contribution in [0.5, 0.6) is 0 Å². The number of thioether (sulfide) groups is 1. The van der Waals surface area contributed by atoms with E-state index in [0.29, 0.717) is 15.7 Å². The van der Waals surface area contributed by atoms with Crippen LogP contribution in [-0.2, 0) is 4.79 Å². The minimum absolute atomic E-state index is 0.169. The summed E-state index contributed by atoms with van der Waals surface area (Å²) in [7, 11) is 0. The molecule has 23 heavy (non-hydrogen) atoms. The number of carbonyl (C=O) groups is 1. The third-order valence-electron chi connectivity index (χ3n) is 2.96. The van der Waals surface area contributed by atoms with Crippen molar-refractivity contribution >= 4 is 68.1 Å². The van der Waals surface area contributed by atoms with Gasteiger partial charge in [-0.15, -0.1) is 11.3 Å². The Kier molecular flexibility index (Phi) is 5.06. The monoisotopic (exact) mass is 383 g/mol. The third-order valence-corrected chi connectivity index (χ3v) is 5.49. The van der Waals surface area contributed by atoms with E-state index in [1.165, 1.54) is 18.1 Å². The number of fused-ring (bicyclic) bond motifs is 1. The number of amides is 1. The third kappa shape index (κ3) is 3.95. The summed E-state index contributed by atoms with van der Waals surface area (Å²) < 4.78 is 0. The molecule has 1 N–H and O–H groups in total. The summed E-state index contributed by atoms with van der Waals surface area (Å²) in [5.74, 6) is 0.0574. The molecule has 0 atom stereocenters. The van der Waals surface area contributed by atoms with Crippen LogP contribution in [-0.4, -0.2) is 21.6 Å². The van der Waals surface area contributed by atoms with Gasteiger partial charge in [-0.05, 0) is 31.2 Å². The SMILES string of the molecule is Cc1cc2c(SCC(=O)Nc3cc(Cl)ccc3Cl)ncnc2s1. The fraction of sp³-hybridized carbons (Fsp3) is 0.133. The second kappa shape index (κ2) is 7.05. The summed E-state index contributed by atoms with van der Waals surface area (Å²) in [5.41, 5.74) is 0.504. The number of rotatable bonds is 4. The van der Waals surface area contributed by atoms with E-state index in [1.54, 1.807) is 29.5 Å². The number of aryl methyl sites for hydroxylation is 1. The van der Waals surface area contributed by atoms with Crippen molar-refractivity contribution in [2.75, 3.05) is 11.1 Å². The molecule has 8 heteroatoms. The van der Waals surface area contributed by atoms with E-state index in [4.69, 9.17) is 23.2 Å². The maximum absolute atomic E-state index is 12.1. The van der Waals surface area contributed by atoms with E-state index in [9.17, 15) is 4.79 Å². The van der Waals surface area contributed by atoms with Crippen LogP contribution < -0.4 is 5.32 Å². The summed E-state index contributed by atoms with van der Waals surface area (Å²) in [6.07, 6.45) is 1.52. The first-order chi connectivity index (χ1) is 11.0. The molecule has 0 saturated carbocycles. The van der Waals surface area contributed by atoms with Crippen molar-refractivity contribution in [2.45, 2.75) is 11.9 Å². The first kappa shape index (κ1) is 16.5. The molecule has 0 bridgehead atoms. The number of thiophene rings is 1. The van der Waals surface area contributed by atoms with Gasteiger partial charge in [0.2, 0.25) is 5.91 Å². The number of carbonyl (C=O) groups excluding carboxylic acids is 1. The summed E-state index contributed by atoms with van der Waals surface area (Å²) in [4.78, 5) is 22.7. The van der Waals surface area contributed by atoms with Crippen molar-refractivity contribution < 1.29 is 4.79 Å². The zero-order valence-corrected chi connectivity index (χ0v) is 15.1. The topological polar surface area (TPSA) is 54.9 Å². The number of aromatic nitrogens is 2. The van der Waals surface area contributed by atoms with Crippen LogP contribution in [0.1, 0.15) is 4.88 Å². The highest BCUT2D eigenvalue weighted by atomic mass is 35.5. The summed E-state index contributed by atoms with van der Waals surface area (Å²) >= 11 is 14.9. The fourth-order valence-electron chi connectivity index (χ4n) is 1.98. The maximum atomic E-state index is 12.1. The van der Waals surface area contributed by atoms with E-state index in [2.05, 4.69) is 15.3 Å². The molecule has 1 amide bonds. The molecule has 0 aliphatic rings. The van der Waals surface area contributed by atoms with Gasteiger partial charge in [-0.3, -0.25) is 4.79 Å². The lowest BCUT2D eigenvalue weighted by molar-refractivity contribution is -0.113. The molecule has 0 unspecified atom stereocenters. The van der Waals surface area contributed by atoms with E-state index < -0.39 is 0 Å². The van der Waals surface area contributed by atoms with Crippen LogP contribution >= 0.6 is 46.3 Å². The zero-order chi connectivity index (χ0) is 16.4. The number of anilines is 1. The first-order valence-corrected chi connectivity index (χ1v) is 9.17. The summed E-state index contributed by atoms with van der Waals surface area (Å²) in [6, 6.07) is 6.98. The molecule has 0 saturated heterocycles. The van der Waals surface area contributed by atoms with Crippen molar-refractivity contribution in [1.29, 1.82) is 0 Å². The highest BCUT2D eigenvalue weighted by Gasteiger charge is 2.11. The van der Waals surface area contributed by atoms with E-state index in [0.717, 1.165) is 20.1 Å². The number of benzene rings is 1. The second-order valence-electron chi connectivity index (χ2n) is 4.72. The Bertz CT molecular complexity index is 882. The van der Waals surface area contributed by atoms with Crippen molar-refractivity contribution in [1.82, 2.24) is 9.97 Å². The summed E-state index contributed by atoms with van der Waals surface area (Å²) in [5, 5.41) is 5.50. The maximum Gasteiger partial charge on any atom is 0.234 e. The largest absolute Gasteiger partial charge is 0.324 e. The Hall–Kier alpha value is -1.34. The quantitative estimate of drug-likeness (QED) is 0.506. The van der Waals surface area contributed by atoms with Crippen molar-refractivity contribution in [2.24, 2.45) is 0 Å². The van der Waals surface area contributed by atoms with Crippen molar-refractivity contribution in [3.05, 3.63) is 45.5 Å². The smallest absolute Gasteiger partial charge is 0.234 e. The van der Waals surface area contributed by atoms with Gasteiger partial charge in [-0.1, -0.05) is 35.0 Å². The lowest BCUT2D eigenvalue weighted by Gasteiger charge is -2.07. The molecule has 2 heterocycles. The average molecular weight is 384 g/mol. The molecule has 2 aromatic heterocycles. The van der Waals surface area contributed by atoms with Gasteiger partial charge in [0.25, 0.3) is 0 Å². The van der Waals surface area contributed by atoms with Gasteiger partial charge in [0, 0.05) is 15.3 Å². The van der Waals surface area contributed by atoms with Gasteiger partial charge in [-0.25, -0.2) is 9.97 Å². The predicted molar refractivity (Wildman–Crippen MR) is 98.0 cm³/mol. The van der Waals surface area contributed by atoms with Crippen LogP contribution in [0.2, 0.25) is 10.0 Å². The molecule has 0 fully saturated rings. The van der Waals surface area contributed by atoms with E-state index in [-0.39, 0.29) is 11.7 Å². The minimum atomic E-state index is -0.169. The van der Waals surface area contributed by atoms with Crippen LogP contribution in [0.15, 0.2) is 35.6 Å². The molecule has 0 spiro atoms. The normalized spacial score (nSPS) is 10.9. The predicted octanol–water partition coefficient (Wildman–Crippen LogP) is 5.04. The Morgan fingerprint density at radius 3 is 2.96 bits per heavy atom. The van der Waals surface area contributed by atoms with Gasteiger partial charge in [0.05, 0.1) is 16.5 Å². The van der Waals surface area contributed by atoms with E-state index in [1.807, 2.05) is 13.0 Å². The van der Waals surface area contributed by atoms with Gasteiger partial charge in [-0.2, -0.15) is 0 Å². The number of halogens is 2. The van der Waals surface area contributed by atoms with E-state index >= 15 is 0 Å². The highest BCUT2D eigenvalue weighted by Crippen LogP contribution is 2.30. The molecule has 3 aromatic rings. The molecule has 0 radical (unpaired) electrons. The molecule has 0 aliphatic heterocycles. The first-order valence-electron chi connectivity index (χ1n) is 6.62. The molecule has 3 rings (SSSR count). The number of hydrogen-bond acceptors (Lipinski definition) is 5. The molecule has 4 nitrogen and oxygen atoms in total. The number of nitrogens with one attached hydrogen (secondary N) is 1. The molecular formula is C15H11Cl2N3OS2. The van der Waals surface area contributed by atoms with Crippen LogP contribution in [0, 0.1) is 6.92 Å². The Labute approximate surface area is 151 Å². The van der Waals surface area contributed by atoms with Crippen LogP contribution in [0.3, 0.4) is 0 Å². The Balaban J connectivity index is 1.70. The van der Waals surface area contributed by atoms with Crippen molar-refractivity contribution in [3.8, 4) is 0 Å². The van der Waals surface area contributed by atoms with Crippen molar-refractivity contribution in [3.63, 3.8) is 0 Å². The standard InChI is InChI=1S/C15H11Cl2N3OS2/c1-8-4-10-14(18-7-19-15(10)23-8)22-6-13(21)20-12-5-9(16)2-3-11(12)17/h2-5,7H,6H2,1H3,(H,20,21). The Morgan fingerprint density at radius 1 is 1.30 bits per heavy atom. The van der Waals surface area contributed by atoms with Gasteiger partial charge < -0.3 is 5.32 Å². The van der Waals surface area contributed by atoms with Gasteiger partial charge in [0.1, 0.15) is 16.2 Å². The van der Waals surface area contributed by atoms with Gasteiger partial charge >= 0.3 is 0 Å². The lowest BCUT2D eigenvalue weighted by atomic mass is 10.3. The average Bonchev–Trinajstić information content (AvgIpc) is 2.89. The number of hydrogen-bond donors (Lipinski definition) is 1. The minimum Gasteiger partial charge on any atom is -0.324 e. The molecular weight excluding hydrogens is 373 g/mol. The highest BCUT2D eigenvalue weighted by molar-refractivity contribution is 8.00. The fourth-order valence-corrected chi connectivity index (χ4v) is 4.00. The second-order valence-corrected chi connectivity index (χ2v) is 7.76. The number of nitrogens with zero attached hydrogens (tertiary/aromatic N) is 2. The Morgan fingerprint density at radius 2 is 2.13 bits per heavy atom.